The molecule has 0 fully saturated rings. The number of hydrogen-bond donors (Lipinski definition) is 1. The van der Waals surface area contributed by atoms with E-state index in [4.69, 9.17) is 0 Å². The third kappa shape index (κ3) is 0.581. The van der Waals surface area contributed by atoms with Gasteiger partial charge < -0.3 is 4.98 Å². The average molecular weight is 105 g/mol. The van der Waals surface area contributed by atoms with Crippen LogP contribution < -0.4 is 0 Å². The van der Waals surface area contributed by atoms with E-state index in [9.17, 15) is 8.78 Å². The van der Waals surface area contributed by atoms with E-state index in [1.54, 1.807) is 11.4 Å². The Hall–Kier alpha value is -0.930. The highest BCUT2D eigenvalue weighted by atomic mass is 19.2. The normalized spacial score (nSPS) is 9.43. The molecule has 1 aromatic rings. The predicted octanol–water partition coefficient (Wildman–Crippen LogP) is 0.967. The van der Waals surface area contributed by atoms with Crippen LogP contribution in [0.15, 0.2) is 4.42 Å². The lowest BCUT2D eigenvalue weighted by Crippen LogP contribution is -1.72. The van der Waals surface area contributed by atoms with Crippen LogP contribution in [0.25, 0.3) is 0 Å². The van der Waals surface area contributed by atoms with Crippen LogP contribution in [-0.4, -0.2) is 4.98 Å². The van der Waals surface area contributed by atoms with Crippen molar-refractivity contribution in [2.24, 2.45) is 0 Å². The Balaban J connectivity index is 3.12. The van der Waals surface area contributed by atoms with E-state index >= 15 is 0 Å². The number of nitrogens with one attached hydrogen (secondary N) is 1. The molecule has 0 aromatic carbocycles. The second kappa shape index (κ2) is 1.29. The zero-order valence-electron chi connectivity index (χ0n) is 3.16. The van der Waals surface area contributed by atoms with Crippen LogP contribution in [0, 0.1) is 18.4 Å². The standard InChI is InChI=1S/C3HF2NO/c4-2-3(5)7-1-6-2/h6H. The summed E-state index contributed by atoms with van der Waals surface area (Å²) in [5.41, 5.74) is 0. The molecular weight excluding hydrogens is 104 g/mol. The molecule has 0 spiro atoms. The third-order valence-corrected chi connectivity index (χ3v) is 0.474. The van der Waals surface area contributed by atoms with Gasteiger partial charge in [0.15, 0.2) is 5.95 Å². The monoisotopic (exact) mass is 105 g/mol. The summed E-state index contributed by atoms with van der Waals surface area (Å²) < 4.78 is 26.7. The van der Waals surface area contributed by atoms with E-state index in [1.165, 1.54) is 0 Å². The van der Waals surface area contributed by atoms with Gasteiger partial charge in [-0.1, -0.05) is 0 Å². The summed E-state index contributed by atoms with van der Waals surface area (Å²) >= 11 is 0. The fourth-order valence-corrected chi connectivity index (χ4v) is 0.209. The molecule has 0 amide bonds. The molecule has 2 nitrogen and oxygen atoms in total. The van der Waals surface area contributed by atoms with E-state index in [0.29, 0.717) is 0 Å². The molecule has 0 bridgehead atoms. The van der Waals surface area contributed by atoms with Crippen molar-refractivity contribution in [1.82, 2.24) is 4.98 Å². The Morgan fingerprint density at radius 3 is 2.43 bits per heavy atom. The average Bonchev–Trinajstić information content (AvgIpc) is 1.91. The molecule has 38 valence electrons. The first-order chi connectivity index (χ1) is 3.30. The zero-order valence-corrected chi connectivity index (χ0v) is 3.16. The SMILES string of the molecule is Fc1[nH][c-][o+]c1F. The van der Waals surface area contributed by atoms with E-state index in [-0.39, 0.29) is 0 Å². The van der Waals surface area contributed by atoms with Crippen molar-refractivity contribution in [2.75, 3.05) is 0 Å². The van der Waals surface area contributed by atoms with Gasteiger partial charge in [0.25, 0.3) is 0 Å². The molecule has 0 saturated carbocycles. The van der Waals surface area contributed by atoms with E-state index in [1.807, 2.05) is 0 Å². The van der Waals surface area contributed by atoms with Crippen LogP contribution in [0.2, 0.25) is 0 Å². The van der Waals surface area contributed by atoms with Crippen LogP contribution in [-0.2, 0) is 0 Å². The second-order valence-electron chi connectivity index (χ2n) is 0.917. The molecule has 0 radical (unpaired) electrons. The Bertz CT molecular complexity index is 145. The summed E-state index contributed by atoms with van der Waals surface area (Å²) in [6.45, 7) is 0. The van der Waals surface area contributed by atoms with Crippen LogP contribution in [0.5, 0.6) is 0 Å². The predicted molar refractivity (Wildman–Crippen MR) is 16.2 cm³/mol. The van der Waals surface area contributed by atoms with Gasteiger partial charge in [-0.3, -0.25) is 8.81 Å². The maximum absolute atomic E-state index is 11.5. The third-order valence-electron chi connectivity index (χ3n) is 0.474. The molecule has 0 saturated heterocycles. The molecule has 1 aromatic heterocycles. The van der Waals surface area contributed by atoms with Crippen molar-refractivity contribution >= 4 is 0 Å². The Kier molecular flexibility index (Phi) is 0.780. The van der Waals surface area contributed by atoms with Crippen LogP contribution in [0.4, 0.5) is 8.78 Å². The summed E-state index contributed by atoms with van der Waals surface area (Å²) in [5.74, 6) is -1.12. The maximum atomic E-state index is 11.5. The minimum absolute atomic E-state index is 1.12. The van der Waals surface area contributed by atoms with E-state index in [0.717, 1.165) is 0 Å². The topological polar surface area (TPSA) is 27.1 Å². The van der Waals surface area contributed by atoms with Crippen molar-refractivity contribution in [3.63, 3.8) is 0 Å². The molecule has 0 atom stereocenters. The van der Waals surface area contributed by atoms with Crippen molar-refractivity contribution < 1.29 is 13.2 Å². The van der Waals surface area contributed by atoms with Gasteiger partial charge in [0.1, 0.15) is 0 Å². The number of halogens is 2. The highest BCUT2D eigenvalue weighted by Gasteiger charge is 2.01. The van der Waals surface area contributed by atoms with Gasteiger partial charge in [-0.05, 0) is 0 Å². The lowest BCUT2D eigenvalue weighted by Gasteiger charge is -1.71. The van der Waals surface area contributed by atoms with Gasteiger partial charge in [-0.15, -0.1) is 0 Å². The van der Waals surface area contributed by atoms with Crippen LogP contribution >= 0.6 is 0 Å². The lowest BCUT2D eigenvalue weighted by molar-refractivity contribution is 0.323. The minimum Gasteiger partial charge on any atom is -0.360 e. The van der Waals surface area contributed by atoms with Gasteiger partial charge in [0.05, 0.1) is 0 Å². The second-order valence-corrected chi connectivity index (χ2v) is 0.917. The van der Waals surface area contributed by atoms with E-state index < -0.39 is 12.0 Å². The molecule has 0 unspecified atom stereocenters. The number of H-pyrrole nitrogens is 1. The summed E-state index contributed by atoms with van der Waals surface area (Å²) in [4.78, 5) is 1.73. The molecule has 7 heavy (non-hydrogen) atoms. The first-order valence-corrected chi connectivity index (χ1v) is 1.54. The first-order valence-electron chi connectivity index (χ1n) is 1.54. The fraction of sp³-hybridized carbons (Fsp3) is 0. The lowest BCUT2D eigenvalue weighted by atomic mass is 10.9. The fourth-order valence-electron chi connectivity index (χ4n) is 0.209. The highest BCUT2D eigenvalue weighted by molar-refractivity contribution is 4.69. The largest absolute Gasteiger partial charge is 0.404 e. The Morgan fingerprint density at radius 2 is 2.29 bits per heavy atom. The molecule has 0 aliphatic rings. The van der Waals surface area contributed by atoms with Crippen molar-refractivity contribution in [2.45, 2.75) is 0 Å². The van der Waals surface area contributed by atoms with Crippen LogP contribution in [0.3, 0.4) is 0 Å². The molecule has 1 N–H and O–H groups in total. The summed E-state index contributed by atoms with van der Waals surface area (Å²) in [6, 6.07) is -1.26. The zero-order chi connectivity index (χ0) is 5.28. The van der Waals surface area contributed by atoms with Crippen molar-refractivity contribution in [3.05, 3.63) is 18.4 Å². The maximum Gasteiger partial charge on any atom is 0.404 e. The van der Waals surface area contributed by atoms with Gasteiger partial charge in [0.2, 0.25) is 0 Å². The number of hydrogen-bond acceptors (Lipinski definition) is 0. The first kappa shape index (κ1) is 4.23. The molecule has 1 rings (SSSR count). The molecule has 0 aliphatic carbocycles. The summed E-state index contributed by atoms with van der Waals surface area (Å²) in [5, 5.41) is 0. The van der Waals surface area contributed by atoms with Gasteiger partial charge >= 0.3 is 12.4 Å². The molecule has 0 aliphatic heterocycles. The van der Waals surface area contributed by atoms with Crippen molar-refractivity contribution in [3.8, 4) is 0 Å². The molecular formula is C3HF2NO. The van der Waals surface area contributed by atoms with Gasteiger partial charge in [-0.25, -0.2) is 0 Å². The Labute approximate surface area is 37.8 Å². The summed E-state index contributed by atoms with van der Waals surface area (Å²) in [7, 11) is 0. The quantitative estimate of drug-likeness (QED) is 0.386. The number of aromatic amines is 1. The number of oxazole rings is 1. The minimum atomic E-state index is -1.26. The van der Waals surface area contributed by atoms with Gasteiger partial charge in [-0.2, -0.15) is 4.39 Å². The van der Waals surface area contributed by atoms with Crippen LogP contribution in [0.1, 0.15) is 0 Å². The number of rotatable bonds is 0. The molecule has 4 heteroatoms. The highest BCUT2D eigenvalue weighted by Crippen LogP contribution is 1.97. The summed E-state index contributed by atoms with van der Waals surface area (Å²) in [6.07, 6.45) is 1.75. The van der Waals surface area contributed by atoms with Gasteiger partial charge in [0, 0.05) is 0 Å². The van der Waals surface area contributed by atoms with E-state index in [2.05, 4.69) is 4.42 Å². The molecule has 1 heterocycles. The van der Waals surface area contributed by atoms with Crippen molar-refractivity contribution in [1.29, 1.82) is 0 Å². The smallest absolute Gasteiger partial charge is 0.360 e. The Morgan fingerprint density at radius 1 is 1.57 bits per heavy atom. The number of aromatic nitrogens is 1.